The minimum atomic E-state index is -0.795. The lowest BCUT2D eigenvalue weighted by Crippen LogP contribution is -2.55. The minimum Gasteiger partial charge on any atom is -0.465 e. The standard InChI is InChI=1S/C24H32N4O6/c1-12(2)18(25)22(31)27-21(30)16-7-6-10-28(16)19(13(3)4)20(29)23-26-15-11-14(24(32)33-5)8-9-17(15)34-23/h8-9,11-13,16,18-19H,6-7,10,25H2,1-5H3,(H,27,30,31)/t16-,18-,19-/m0/s1. The lowest BCUT2D eigenvalue weighted by Gasteiger charge is -2.33. The van der Waals surface area contributed by atoms with Gasteiger partial charge in [-0.15, -0.1) is 0 Å². The molecule has 2 heterocycles. The predicted molar refractivity (Wildman–Crippen MR) is 124 cm³/mol. The number of Topliss-reactive ketones (excluding diaryl/α,β-unsaturated/α-hetero) is 1. The molecule has 3 atom stereocenters. The van der Waals surface area contributed by atoms with Crippen molar-refractivity contribution in [1.29, 1.82) is 0 Å². The van der Waals surface area contributed by atoms with Crippen LogP contribution >= 0.6 is 0 Å². The molecule has 10 nitrogen and oxygen atoms in total. The summed E-state index contributed by atoms with van der Waals surface area (Å²) in [4.78, 5) is 56.7. The number of nitrogens with one attached hydrogen (secondary N) is 1. The number of benzene rings is 1. The van der Waals surface area contributed by atoms with Gasteiger partial charge in [0.2, 0.25) is 17.6 Å². The van der Waals surface area contributed by atoms with Crippen LogP contribution in [0.5, 0.6) is 0 Å². The van der Waals surface area contributed by atoms with E-state index in [4.69, 9.17) is 14.9 Å². The van der Waals surface area contributed by atoms with Crippen LogP contribution in [0.3, 0.4) is 0 Å². The molecular weight excluding hydrogens is 440 g/mol. The molecule has 0 spiro atoms. The average molecular weight is 473 g/mol. The summed E-state index contributed by atoms with van der Waals surface area (Å²) < 4.78 is 10.4. The number of hydrogen-bond acceptors (Lipinski definition) is 9. The topological polar surface area (TPSA) is 145 Å². The van der Waals surface area contributed by atoms with Crippen molar-refractivity contribution in [3.8, 4) is 0 Å². The van der Waals surface area contributed by atoms with E-state index in [1.54, 1.807) is 19.9 Å². The largest absolute Gasteiger partial charge is 0.465 e. The lowest BCUT2D eigenvalue weighted by atomic mass is 9.96. The average Bonchev–Trinajstić information content (AvgIpc) is 3.44. The number of amides is 2. The van der Waals surface area contributed by atoms with Crippen molar-refractivity contribution in [3.05, 3.63) is 29.7 Å². The molecule has 1 aromatic heterocycles. The van der Waals surface area contributed by atoms with E-state index >= 15 is 0 Å². The van der Waals surface area contributed by atoms with E-state index < -0.39 is 35.9 Å². The fourth-order valence-electron chi connectivity index (χ4n) is 4.23. The lowest BCUT2D eigenvalue weighted by molar-refractivity contribution is -0.134. The maximum atomic E-state index is 13.5. The fraction of sp³-hybridized carbons (Fsp3) is 0.542. The number of ketones is 1. The normalized spacial score (nSPS) is 18.3. The zero-order chi connectivity index (χ0) is 25.2. The van der Waals surface area contributed by atoms with Crippen LogP contribution in [0.4, 0.5) is 0 Å². The monoisotopic (exact) mass is 472 g/mol. The van der Waals surface area contributed by atoms with Crippen LogP contribution < -0.4 is 11.1 Å². The van der Waals surface area contributed by atoms with Gasteiger partial charge in [0, 0.05) is 0 Å². The minimum absolute atomic E-state index is 0.0975. The maximum Gasteiger partial charge on any atom is 0.337 e. The Kier molecular flexibility index (Phi) is 7.83. The van der Waals surface area contributed by atoms with Crippen molar-refractivity contribution in [2.45, 2.75) is 58.7 Å². The van der Waals surface area contributed by atoms with Crippen molar-refractivity contribution in [2.75, 3.05) is 13.7 Å². The number of oxazole rings is 1. The number of rotatable bonds is 8. The van der Waals surface area contributed by atoms with Crippen molar-refractivity contribution < 1.29 is 28.3 Å². The van der Waals surface area contributed by atoms with Crippen LogP contribution in [0.1, 0.15) is 61.6 Å². The highest BCUT2D eigenvalue weighted by atomic mass is 16.5. The first-order valence-corrected chi connectivity index (χ1v) is 11.4. The molecule has 0 saturated carbocycles. The summed E-state index contributed by atoms with van der Waals surface area (Å²) >= 11 is 0. The summed E-state index contributed by atoms with van der Waals surface area (Å²) in [7, 11) is 1.28. The molecule has 184 valence electrons. The Bertz CT molecular complexity index is 1090. The number of aromatic nitrogens is 1. The molecule has 3 N–H and O–H groups in total. The summed E-state index contributed by atoms with van der Waals surface area (Å²) in [5, 5.41) is 2.41. The van der Waals surface area contributed by atoms with Gasteiger partial charge in [0.05, 0.1) is 30.8 Å². The third kappa shape index (κ3) is 5.18. The molecule has 10 heteroatoms. The van der Waals surface area contributed by atoms with E-state index in [0.29, 0.717) is 36.0 Å². The highest BCUT2D eigenvalue weighted by molar-refractivity contribution is 6.02. The SMILES string of the molecule is COC(=O)c1ccc2oc(C(=O)[C@H](C(C)C)N3CCC[C@H]3C(=O)NC(=O)[C@@H](N)C(C)C)nc2c1. The number of nitrogens with zero attached hydrogens (tertiary/aromatic N) is 2. The summed E-state index contributed by atoms with van der Waals surface area (Å²) in [5.74, 6) is -2.24. The molecule has 1 aliphatic heterocycles. The van der Waals surface area contributed by atoms with Gasteiger partial charge in [-0.3, -0.25) is 24.6 Å². The Balaban J connectivity index is 1.84. The maximum absolute atomic E-state index is 13.5. The summed E-state index contributed by atoms with van der Waals surface area (Å²) in [6.07, 6.45) is 1.22. The van der Waals surface area contributed by atoms with Gasteiger partial charge in [-0.2, -0.15) is 0 Å². The summed E-state index contributed by atoms with van der Waals surface area (Å²) in [6.45, 7) is 7.89. The number of carbonyl (C=O) groups is 4. The fourth-order valence-corrected chi connectivity index (χ4v) is 4.23. The van der Waals surface area contributed by atoms with Gasteiger partial charge in [0.15, 0.2) is 5.58 Å². The molecule has 0 radical (unpaired) electrons. The number of likely N-dealkylation sites (tertiary alicyclic amines) is 1. The predicted octanol–water partition coefficient (Wildman–Crippen LogP) is 1.91. The van der Waals surface area contributed by atoms with Crippen LogP contribution in [0.2, 0.25) is 0 Å². The molecular formula is C24H32N4O6. The highest BCUT2D eigenvalue weighted by Gasteiger charge is 2.42. The van der Waals surface area contributed by atoms with Crippen LogP contribution in [0, 0.1) is 11.8 Å². The molecule has 0 bridgehead atoms. The van der Waals surface area contributed by atoms with E-state index in [1.807, 2.05) is 18.7 Å². The van der Waals surface area contributed by atoms with E-state index in [2.05, 4.69) is 10.3 Å². The van der Waals surface area contributed by atoms with E-state index in [0.717, 1.165) is 0 Å². The van der Waals surface area contributed by atoms with Gasteiger partial charge in [0.1, 0.15) is 5.52 Å². The molecule has 1 saturated heterocycles. The zero-order valence-corrected chi connectivity index (χ0v) is 20.2. The van der Waals surface area contributed by atoms with Crippen LogP contribution in [0.25, 0.3) is 11.1 Å². The Labute approximate surface area is 198 Å². The number of ether oxygens (including phenoxy) is 1. The zero-order valence-electron chi connectivity index (χ0n) is 20.2. The second-order valence-electron chi connectivity index (χ2n) is 9.27. The second-order valence-corrected chi connectivity index (χ2v) is 9.27. The summed E-state index contributed by atoms with van der Waals surface area (Å²) in [6, 6.07) is 2.48. The van der Waals surface area contributed by atoms with Gasteiger partial charge in [0.25, 0.3) is 5.89 Å². The van der Waals surface area contributed by atoms with Crippen LogP contribution in [-0.2, 0) is 14.3 Å². The Morgan fingerprint density at radius 1 is 1.18 bits per heavy atom. The van der Waals surface area contributed by atoms with Gasteiger partial charge in [-0.1, -0.05) is 27.7 Å². The highest BCUT2D eigenvalue weighted by Crippen LogP contribution is 2.28. The number of imide groups is 1. The number of fused-ring (bicyclic) bond motifs is 1. The molecule has 1 fully saturated rings. The van der Waals surface area contributed by atoms with E-state index in [9.17, 15) is 19.2 Å². The Morgan fingerprint density at radius 3 is 2.50 bits per heavy atom. The first-order chi connectivity index (χ1) is 16.0. The molecule has 34 heavy (non-hydrogen) atoms. The Morgan fingerprint density at radius 2 is 1.88 bits per heavy atom. The Hall–Kier alpha value is -3.11. The molecule has 2 amide bonds. The number of carbonyl (C=O) groups excluding carboxylic acids is 4. The molecule has 1 aromatic carbocycles. The summed E-state index contributed by atoms with van der Waals surface area (Å²) in [5.41, 5.74) is 6.88. The van der Waals surface area contributed by atoms with E-state index in [-0.39, 0.29) is 23.5 Å². The smallest absolute Gasteiger partial charge is 0.337 e. The van der Waals surface area contributed by atoms with Crippen molar-refractivity contribution in [2.24, 2.45) is 17.6 Å². The quantitative estimate of drug-likeness (QED) is 0.435. The first-order valence-electron chi connectivity index (χ1n) is 11.4. The molecule has 0 unspecified atom stereocenters. The first kappa shape index (κ1) is 25.5. The van der Waals surface area contributed by atoms with Crippen molar-refractivity contribution in [3.63, 3.8) is 0 Å². The van der Waals surface area contributed by atoms with Gasteiger partial charge < -0.3 is 14.9 Å². The number of hydrogen-bond donors (Lipinski definition) is 2. The molecule has 3 rings (SSSR count). The van der Waals surface area contributed by atoms with E-state index in [1.165, 1.54) is 19.2 Å². The molecule has 0 aliphatic carbocycles. The third-order valence-corrected chi connectivity index (χ3v) is 6.14. The van der Waals surface area contributed by atoms with Crippen molar-refractivity contribution >= 4 is 34.7 Å². The third-order valence-electron chi connectivity index (χ3n) is 6.14. The van der Waals surface area contributed by atoms with Crippen LogP contribution in [0.15, 0.2) is 22.6 Å². The van der Waals surface area contributed by atoms with Crippen LogP contribution in [-0.4, -0.2) is 65.2 Å². The van der Waals surface area contributed by atoms with Gasteiger partial charge in [-0.05, 0) is 49.4 Å². The number of nitrogens with two attached hydrogens (primary N) is 1. The van der Waals surface area contributed by atoms with Gasteiger partial charge in [-0.25, -0.2) is 9.78 Å². The molecule has 2 aromatic rings. The second kappa shape index (κ2) is 10.4. The molecule has 1 aliphatic rings. The van der Waals surface area contributed by atoms with Gasteiger partial charge >= 0.3 is 5.97 Å². The van der Waals surface area contributed by atoms with Crippen molar-refractivity contribution in [1.82, 2.24) is 15.2 Å². The number of esters is 1. The number of methoxy groups -OCH3 is 1.